The summed E-state index contributed by atoms with van der Waals surface area (Å²) in [6.45, 7) is 4.35. The quantitative estimate of drug-likeness (QED) is 0.282. The number of hydrogen-bond acceptors (Lipinski definition) is 5. The Morgan fingerprint density at radius 2 is 1.71 bits per heavy atom. The Hall–Kier alpha value is -3.56. The molecular weight excluding hydrogens is 562 g/mol. The van der Waals surface area contributed by atoms with E-state index < -0.39 is 16.1 Å². The van der Waals surface area contributed by atoms with Crippen molar-refractivity contribution in [3.63, 3.8) is 0 Å². The van der Waals surface area contributed by atoms with Crippen LogP contribution < -0.4 is 14.4 Å². The van der Waals surface area contributed by atoms with E-state index in [2.05, 4.69) is 5.32 Å². The molecule has 3 aromatic rings. The van der Waals surface area contributed by atoms with E-state index in [1.807, 2.05) is 68.4 Å². The summed E-state index contributed by atoms with van der Waals surface area (Å²) in [5, 5.41) is 3.30. The number of anilines is 1. The summed E-state index contributed by atoms with van der Waals surface area (Å²) in [7, 11) is -2.06. The molecule has 2 amide bonds. The van der Waals surface area contributed by atoms with Gasteiger partial charge in [-0.15, -0.1) is 0 Å². The summed E-state index contributed by atoms with van der Waals surface area (Å²) < 4.78 is 32.0. The number of hydrogen-bond donors (Lipinski definition) is 1. The summed E-state index contributed by atoms with van der Waals surface area (Å²) in [5.41, 5.74) is 2.97. The normalized spacial score (nSPS) is 11.9. The molecule has 0 aliphatic heterocycles. The van der Waals surface area contributed by atoms with Crippen LogP contribution in [-0.4, -0.2) is 57.6 Å². The molecule has 1 atom stereocenters. The maximum absolute atomic E-state index is 13.9. The molecule has 0 bridgehead atoms. The van der Waals surface area contributed by atoms with E-state index >= 15 is 0 Å². The molecule has 10 heteroatoms. The fraction of sp³-hybridized carbons (Fsp3) is 0.355. The highest BCUT2D eigenvalue weighted by Crippen LogP contribution is 2.27. The average molecular weight is 600 g/mol. The lowest BCUT2D eigenvalue weighted by molar-refractivity contribution is -0.141. The lowest BCUT2D eigenvalue weighted by Gasteiger charge is -2.32. The second kappa shape index (κ2) is 14.9. The van der Waals surface area contributed by atoms with Gasteiger partial charge in [-0.25, -0.2) is 8.42 Å². The number of amides is 2. The molecule has 0 aromatic heterocycles. The minimum absolute atomic E-state index is 0.0420. The van der Waals surface area contributed by atoms with Crippen LogP contribution in [0.4, 0.5) is 5.69 Å². The number of likely N-dealkylation sites (N-methyl/N-ethyl adjacent to an activating group) is 1. The molecule has 41 heavy (non-hydrogen) atoms. The van der Waals surface area contributed by atoms with Crippen molar-refractivity contribution in [3.8, 4) is 5.75 Å². The van der Waals surface area contributed by atoms with Gasteiger partial charge in [0.2, 0.25) is 21.8 Å². The van der Waals surface area contributed by atoms with Gasteiger partial charge in [0.15, 0.2) is 0 Å². The zero-order valence-corrected chi connectivity index (χ0v) is 25.5. The van der Waals surface area contributed by atoms with Crippen LogP contribution in [0.15, 0.2) is 72.8 Å². The number of carbonyl (C=O) groups excluding carboxylic acids is 2. The number of sulfonamides is 1. The first-order chi connectivity index (χ1) is 19.5. The summed E-state index contributed by atoms with van der Waals surface area (Å²) >= 11 is 6.16. The number of methoxy groups -OCH3 is 1. The first-order valence-corrected chi connectivity index (χ1v) is 15.7. The van der Waals surface area contributed by atoms with Gasteiger partial charge in [0, 0.05) is 37.5 Å². The van der Waals surface area contributed by atoms with Crippen LogP contribution in [0.1, 0.15) is 36.5 Å². The number of rotatable bonds is 14. The average Bonchev–Trinajstić information content (AvgIpc) is 2.94. The van der Waals surface area contributed by atoms with Gasteiger partial charge in [0.1, 0.15) is 11.8 Å². The van der Waals surface area contributed by atoms with Crippen molar-refractivity contribution in [2.45, 2.75) is 45.7 Å². The molecule has 0 radical (unpaired) electrons. The van der Waals surface area contributed by atoms with Crippen LogP contribution >= 0.6 is 11.6 Å². The summed E-state index contributed by atoms with van der Waals surface area (Å²) in [4.78, 5) is 28.8. The van der Waals surface area contributed by atoms with E-state index in [4.69, 9.17) is 16.3 Å². The fourth-order valence-corrected chi connectivity index (χ4v) is 5.83. The molecule has 0 saturated carbocycles. The van der Waals surface area contributed by atoms with E-state index in [0.29, 0.717) is 29.4 Å². The Balaban J connectivity index is 1.90. The molecule has 0 heterocycles. The Bertz CT molecular complexity index is 1430. The Morgan fingerprint density at radius 3 is 2.37 bits per heavy atom. The van der Waals surface area contributed by atoms with Gasteiger partial charge in [-0.1, -0.05) is 60.1 Å². The Kier molecular flexibility index (Phi) is 11.6. The lowest BCUT2D eigenvalue weighted by atomic mass is 10.0. The van der Waals surface area contributed by atoms with Crippen LogP contribution in [0.3, 0.4) is 0 Å². The van der Waals surface area contributed by atoms with Gasteiger partial charge >= 0.3 is 0 Å². The van der Waals surface area contributed by atoms with Gasteiger partial charge in [0.25, 0.3) is 0 Å². The van der Waals surface area contributed by atoms with Crippen molar-refractivity contribution >= 4 is 39.1 Å². The standard InChI is InChI=1S/C31H38ClN3O5S/c1-5-33-31(37)29(20-24-11-7-6-8-12-24)34(22-25-13-9-14-27(19-25)40-3)30(36)15-10-18-35(41(4,38)39)28-21-26(32)17-16-23(28)2/h6-9,11-14,16-17,19,21,29H,5,10,15,18,20,22H2,1-4H3,(H,33,37). The van der Waals surface area contributed by atoms with Crippen molar-refractivity contribution < 1.29 is 22.7 Å². The highest BCUT2D eigenvalue weighted by molar-refractivity contribution is 7.92. The van der Waals surface area contributed by atoms with Gasteiger partial charge in [0.05, 0.1) is 19.1 Å². The molecule has 1 unspecified atom stereocenters. The van der Waals surface area contributed by atoms with E-state index in [9.17, 15) is 18.0 Å². The Labute approximate surface area is 248 Å². The van der Waals surface area contributed by atoms with Crippen molar-refractivity contribution in [1.29, 1.82) is 0 Å². The van der Waals surface area contributed by atoms with Crippen molar-refractivity contribution in [1.82, 2.24) is 10.2 Å². The molecule has 220 valence electrons. The van der Waals surface area contributed by atoms with Gasteiger partial charge in [-0.05, 0) is 61.2 Å². The topological polar surface area (TPSA) is 96.0 Å². The van der Waals surface area contributed by atoms with Crippen LogP contribution in [-0.2, 0) is 32.6 Å². The molecule has 0 aliphatic rings. The lowest BCUT2D eigenvalue weighted by Crippen LogP contribution is -2.50. The summed E-state index contributed by atoms with van der Waals surface area (Å²) in [6, 6.07) is 21.2. The number of nitrogens with one attached hydrogen (secondary N) is 1. The summed E-state index contributed by atoms with van der Waals surface area (Å²) in [5.74, 6) is 0.143. The summed E-state index contributed by atoms with van der Waals surface area (Å²) in [6.07, 6.45) is 1.76. The number of ether oxygens (including phenoxy) is 1. The maximum Gasteiger partial charge on any atom is 0.243 e. The van der Waals surface area contributed by atoms with Crippen molar-refractivity contribution in [2.24, 2.45) is 0 Å². The molecule has 0 spiro atoms. The SMILES string of the molecule is CCNC(=O)C(Cc1ccccc1)N(Cc1cccc(OC)c1)C(=O)CCCN(c1cc(Cl)ccc1C)S(C)(=O)=O. The Morgan fingerprint density at radius 1 is 1.00 bits per heavy atom. The van der Waals surface area contributed by atoms with Gasteiger partial charge < -0.3 is 15.0 Å². The number of benzene rings is 3. The highest BCUT2D eigenvalue weighted by Gasteiger charge is 2.30. The predicted molar refractivity (Wildman–Crippen MR) is 164 cm³/mol. The number of halogens is 1. The van der Waals surface area contributed by atoms with Gasteiger partial charge in [-0.3, -0.25) is 13.9 Å². The number of carbonyl (C=O) groups is 2. The van der Waals surface area contributed by atoms with E-state index in [0.717, 1.165) is 22.9 Å². The second-order valence-corrected chi connectivity index (χ2v) is 12.2. The molecule has 8 nitrogen and oxygen atoms in total. The van der Waals surface area contributed by atoms with E-state index in [1.54, 1.807) is 30.2 Å². The molecular formula is C31H38ClN3O5S. The molecule has 0 saturated heterocycles. The van der Waals surface area contributed by atoms with Crippen molar-refractivity contribution in [3.05, 3.63) is 94.5 Å². The number of nitrogens with zero attached hydrogens (tertiary/aromatic N) is 2. The van der Waals surface area contributed by atoms with Crippen LogP contribution in [0.25, 0.3) is 0 Å². The first-order valence-electron chi connectivity index (χ1n) is 13.5. The fourth-order valence-electron chi connectivity index (χ4n) is 4.65. The van der Waals surface area contributed by atoms with Crippen molar-refractivity contribution in [2.75, 3.05) is 30.8 Å². The predicted octanol–water partition coefficient (Wildman–Crippen LogP) is 4.98. The van der Waals surface area contributed by atoms with Crippen LogP contribution in [0.5, 0.6) is 5.75 Å². The first kappa shape index (κ1) is 32.0. The second-order valence-electron chi connectivity index (χ2n) is 9.84. The van der Waals surface area contributed by atoms with Crippen LogP contribution in [0.2, 0.25) is 5.02 Å². The minimum atomic E-state index is -3.64. The smallest absolute Gasteiger partial charge is 0.243 e. The molecule has 0 fully saturated rings. The third-order valence-corrected chi connectivity index (χ3v) is 8.12. The molecule has 0 aliphatic carbocycles. The van der Waals surface area contributed by atoms with Crippen LogP contribution in [0, 0.1) is 6.92 Å². The molecule has 1 N–H and O–H groups in total. The third-order valence-electron chi connectivity index (χ3n) is 6.70. The van der Waals surface area contributed by atoms with E-state index in [1.165, 1.54) is 4.31 Å². The zero-order chi connectivity index (χ0) is 30.0. The largest absolute Gasteiger partial charge is 0.497 e. The third kappa shape index (κ3) is 9.23. The highest BCUT2D eigenvalue weighted by atomic mass is 35.5. The molecule has 3 rings (SSSR count). The van der Waals surface area contributed by atoms with Gasteiger partial charge in [-0.2, -0.15) is 0 Å². The molecule has 3 aromatic carbocycles. The maximum atomic E-state index is 13.9. The minimum Gasteiger partial charge on any atom is -0.497 e. The zero-order valence-electron chi connectivity index (χ0n) is 24.0. The van der Waals surface area contributed by atoms with E-state index in [-0.39, 0.29) is 37.7 Å². The monoisotopic (exact) mass is 599 g/mol. The number of aryl methyl sites for hydroxylation is 1.